The molecule has 0 aromatic heterocycles. The molecule has 1 amide bonds. The smallest absolute Gasteiger partial charge is 0.411 e. The van der Waals surface area contributed by atoms with Crippen molar-refractivity contribution in [1.82, 2.24) is 4.90 Å². The predicted octanol–water partition coefficient (Wildman–Crippen LogP) is 3.35. The van der Waals surface area contributed by atoms with E-state index in [-0.39, 0.29) is 18.4 Å². The molecule has 112 valence electrons. The third kappa shape index (κ3) is 3.32. The van der Waals surface area contributed by atoms with Gasteiger partial charge in [0.1, 0.15) is 6.61 Å². The van der Waals surface area contributed by atoms with E-state index in [4.69, 9.17) is 4.74 Å². The molecule has 1 aromatic rings. The summed E-state index contributed by atoms with van der Waals surface area (Å²) in [5.74, 6) is 0.159. The molecule has 2 atom stereocenters. The summed E-state index contributed by atoms with van der Waals surface area (Å²) in [4.78, 5) is 25.9. The van der Waals surface area contributed by atoms with Crippen LogP contribution in [0.25, 0.3) is 0 Å². The van der Waals surface area contributed by atoms with Crippen LogP contribution in [0, 0.1) is 5.92 Å². The normalized spacial score (nSPS) is 19.5. The zero-order valence-electron chi connectivity index (χ0n) is 12.5. The highest BCUT2D eigenvalue weighted by Crippen LogP contribution is 2.32. The summed E-state index contributed by atoms with van der Waals surface area (Å²) in [5, 5.41) is 0. The molecule has 4 nitrogen and oxygen atoms in total. The SMILES string of the molecule is C=CC(=O)[C@H](CC(C)C)N1C(=O)OC[C@@H]1c1ccccc1. The van der Waals surface area contributed by atoms with Crippen LogP contribution in [0.1, 0.15) is 31.9 Å². The molecule has 1 saturated heterocycles. The van der Waals surface area contributed by atoms with Crippen LogP contribution in [-0.4, -0.2) is 29.4 Å². The number of nitrogens with zero attached hydrogens (tertiary/aromatic N) is 1. The van der Waals surface area contributed by atoms with Gasteiger partial charge in [-0.15, -0.1) is 0 Å². The lowest BCUT2D eigenvalue weighted by Crippen LogP contribution is -2.43. The van der Waals surface area contributed by atoms with Gasteiger partial charge in [0.05, 0.1) is 12.1 Å². The van der Waals surface area contributed by atoms with Gasteiger partial charge in [0.2, 0.25) is 0 Å². The maximum Gasteiger partial charge on any atom is 0.411 e. The molecular formula is C17H21NO3. The first-order valence-corrected chi connectivity index (χ1v) is 7.21. The molecule has 1 aliphatic heterocycles. The highest BCUT2D eigenvalue weighted by molar-refractivity contribution is 5.96. The van der Waals surface area contributed by atoms with Crippen LogP contribution in [-0.2, 0) is 9.53 Å². The summed E-state index contributed by atoms with van der Waals surface area (Å²) in [5.41, 5.74) is 0.981. The summed E-state index contributed by atoms with van der Waals surface area (Å²) >= 11 is 0. The van der Waals surface area contributed by atoms with Crippen molar-refractivity contribution >= 4 is 11.9 Å². The molecule has 0 N–H and O–H groups in total. The second-order valence-corrected chi connectivity index (χ2v) is 5.66. The molecule has 1 aliphatic rings. The number of ether oxygens (including phenoxy) is 1. The van der Waals surface area contributed by atoms with E-state index in [1.807, 2.05) is 44.2 Å². The summed E-state index contributed by atoms with van der Waals surface area (Å²) < 4.78 is 5.19. The first-order chi connectivity index (χ1) is 10.0. The van der Waals surface area contributed by atoms with Gasteiger partial charge >= 0.3 is 6.09 Å². The Bertz CT molecular complexity index is 524. The fourth-order valence-corrected chi connectivity index (χ4v) is 2.66. The highest BCUT2D eigenvalue weighted by atomic mass is 16.6. The van der Waals surface area contributed by atoms with Crippen molar-refractivity contribution in [3.63, 3.8) is 0 Å². The molecular weight excluding hydrogens is 266 g/mol. The van der Waals surface area contributed by atoms with Crippen molar-refractivity contribution in [2.75, 3.05) is 6.61 Å². The van der Waals surface area contributed by atoms with Crippen molar-refractivity contribution in [3.8, 4) is 0 Å². The van der Waals surface area contributed by atoms with Gasteiger partial charge in [-0.25, -0.2) is 4.79 Å². The zero-order valence-corrected chi connectivity index (χ0v) is 12.5. The Morgan fingerprint density at radius 1 is 1.43 bits per heavy atom. The quantitative estimate of drug-likeness (QED) is 0.754. The van der Waals surface area contributed by atoms with Crippen LogP contribution in [0.5, 0.6) is 0 Å². The molecule has 1 heterocycles. The fraction of sp³-hybridized carbons (Fsp3) is 0.412. The minimum absolute atomic E-state index is 0.136. The van der Waals surface area contributed by atoms with Gasteiger partial charge in [-0.1, -0.05) is 50.8 Å². The first-order valence-electron chi connectivity index (χ1n) is 7.21. The molecule has 21 heavy (non-hydrogen) atoms. The van der Waals surface area contributed by atoms with Gasteiger partial charge in [0, 0.05) is 0 Å². The van der Waals surface area contributed by atoms with Crippen LogP contribution >= 0.6 is 0 Å². The molecule has 0 spiro atoms. The Morgan fingerprint density at radius 3 is 2.67 bits per heavy atom. The van der Waals surface area contributed by atoms with E-state index in [1.165, 1.54) is 6.08 Å². The molecule has 0 saturated carbocycles. The Balaban J connectivity index is 2.33. The fourth-order valence-electron chi connectivity index (χ4n) is 2.66. The van der Waals surface area contributed by atoms with Crippen molar-refractivity contribution in [1.29, 1.82) is 0 Å². The number of carbonyl (C=O) groups is 2. The van der Waals surface area contributed by atoms with E-state index < -0.39 is 12.1 Å². The van der Waals surface area contributed by atoms with Crippen molar-refractivity contribution in [3.05, 3.63) is 48.6 Å². The molecule has 1 fully saturated rings. The third-order valence-electron chi connectivity index (χ3n) is 3.66. The number of hydrogen-bond donors (Lipinski definition) is 0. The van der Waals surface area contributed by atoms with Crippen LogP contribution in [0.15, 0.2) is 43.0 Å². The summed E-state index contributed by atoms with van der Waals surface area (Å²) in [6.07, 6.45) is 1.47. The van der Waals surface area contributed by atoms with Crippen LogP contribution in [0.3, 0.4) is 0 Å². The molecule has 0 unspecified atom stereocenters. The number of ketones is 1. The molecule has 4 heteroatoms. The number of cyclic esters (lactones) is 1. The van der Waals surface area contributed by atoms with Crippen LogP contribution in [0.2, 0.25) is 0 Å². The Labute approximate surface area is 125 Å². The first kappa shape index (κ1) is 15.3. The molecule has 0 radical (unpaired) electrons. The zero-order chi connectivity index (χ0) is 15.4. The Hall–Kier alpha value is -2.10. The van der Waals surface area contributed by atoms with E-state index >= 15 is 0 Å². The topological polar surface area (TPSA) is 46.6 Å². The van der Waals surface area contributed by atoms with E-state index in [0.29, 0.717) is 12.3 Å². The molecule has 1 aromatic carbocycles. The summed E-state index contributed by atoms with van der Waals surface area (Å²) in [7, 11) is 0. The van der Waals surface area contributed by atoms with Gasteiger partial charge in [-0.2, -0.15) is 0 Å². The number of rotatable bonds is 6. The van der Waals surface area contributed by atoms with Crippen molar-refractivity contribution < 1.29 is 14.3 Å². The number of amides is 1. The van der Waals surface area contributed by atoms with Crippen molar-refractivity contribution in [2.24, 2.45) is 5.92 Å². The molecule has 0 aliphatic carbocycles. The molecule has 0 bridgehead atoms. The minimum Gasteiger partial charge on any atom is -0.447 e. The average Bonchev–Trinajstić information content (AvgIpc) is 2.86. The Morgan fingerprint density at radius 2 is 2.10 bits per heavy atom. The van der Waals surface area contributed by atoms with Gasteiger partial charge in [-0.05, 0) is 24.0 Å². The van der Waals surface area contributed by atoms with Gasteiger partial charge in [-0.3, -0.25) is 9.69 Å². The third-order valence-corrected chi connectivity index (χ3v) is 3.66. The van der Waals surface area contributed by atoms with E-state index in [0.717, 1.165) is 5.56 Å². The lowest BCUT2D eigenvalue weighted by molar-refractivity contribution is -0.119. The summed E-state index contributed by atoms with van der Waals surface area (Å²) in [6.45, 7) is 7.89. The Kier molecular flexibility index (Phi) is 4.78. The van der Waals surface area contributed by atoms with Crippen LogP contribution in [0.4, 0.5) is 4.79 Å². The number of carbonyl (C=O) groups excluding carboxylic acids is 2. The van der Waals surface area contributed by atoms with E-state index in [9.17, 15) is 9.59 Å². The van der Waals surface area contributed by atoms with Gasteiger partial charge in [0.15, 0.2) is 5.78 Å². The van der Waals surface area contributed by atoms with E-state index in [2.05, 4.69) is 6.58 Å². The minimum atomic E-state index is -0.511. The van der Waals surface area contributed by atoms with E-state index in [1.54, 1.807) is 4.90 Å². The predicted molar refractivity (Wildman–Crippen MR) is 80.8 cm³/mol. The highest BCUT2D eigenvalue weighted by Gasteiger charge is 2.41. The van der Waals surface area contributed by atoms with Gasteiger partial charge in [0.25, 0.3) is 0 Å². The largest absolute Gasteiger partial charge is 0.447 e. The lowest BCUT2D eigenvalue weighted by Gasteiger charge is -2.30. The maximum atomic E-state index is 12.2. The average molecular weight is 287 g/mol. The van der Waals surface area contributed by atoms with Crippen LogP contribution < -0.4 is 0 Å². The van der Waals surface area contributed by atoms with Gasteiger partial charge < -0.3 is 4.74 Å². The second-order valence-electron chi connectivity index (χ2n) is 5.66. The number of benzene rings is 1. The summed E-state index contributed by atoms with van der Waals surface area (Å²) in [6, 6.07) is 8.93. The second kappa shape index (κ2) is 6.57. The standard InChI is InChI=1S/C17H21NO3/c1-4-16(19)14(10-12(2)3)18-15(11-21-17(18)20)13-8-6-5-7-9-13/h4-9,12,14-15H,1,10-11H2,2-3H3/t14-,15+/m0/s1. The lowest BCUT2D eigenvalue weighted by atomic mass is 9.96. The maximum absolute atomic E-state index is 12.2. The monoisotopic (exact) mass is 287 g/mol. The number of hydrogen-bond acceptors (Lipinski definition) is 3. The van der Waals surface area contributed by atoms with Crippen molar-refractivity contribution in [2.45, 2.75) is 32.4 Å². The molecule has 2 rings (SSSR count).